The van der Waals surface area contributed by atoms with Crippen LogP contribution in [0.3, 0.4) is 0 Å². The highest BCUT2D eigenvalue weighted by atomic mass is 16.5. The van der Waals surface area contributed by atoms with Gasteiger partial charge in [0.1, 0.15) is 6.10 Å². The van der Waals surface area contributed by atoms with Crippen molar-refractivity contribution in [2.75, 3.05) is 20.6 Å². The van der Waals surface area contributed by atoms with Crippen molar-refractivity contribution < 1.29 is 9.53 Å². The van der Waals surface area contributed by atoms with Crippen LogP contribution in [0.1, 0.15) is 40.5 Å². The highest BCUT2D eigenvalue weighted by molar-refractivity contribution is 5.66. The van der Waals surface area contributed by atoms with Crippen LogP contribution in [0, 0.1) is 0 Å². The lowest BCUT2D eigenvalue weighted by Gasteiger charge is -2.19. The average Bonchev–Trinajstić information content (AvgIpc) is 2.06. The SMILES string of the molecule is CC.CCCC(CN(C)C)OC(C)=O. The summed E-state index contributed by atoms with van der Waals surface area (Å²) in [7, 11) is 3.96. The molecule has 1 atom stereocenters. The van der Waals surface area contributed by atoms with E-state index < -0.39 is 0 Å². The first-order chi connectivity index (χ1) is 6.56. The summed E-state index contributed by atoms with van der Waals surface area (Å²) in [5.74, 6) is -0.185. The molecule has 0 bridgehead atoms. The van der Waals surface area contributed by atoms with Gasteiger partial charge >= 0.3 is 5.97 Å². The molecule has 0 aromatic carbocycles. The van der Waals surface area contributed by atoms with E-state index in [1.807, 2.05) is 32.8 Å². The van der Waals surface area contributed by atoms with E-state index in [0.29, 0.717) is 0 Å². The minimum Gasteiger partial charge on any atom is -0.461 e. The number of nitrogens with zero attached hydrogens (tertiary/aromatic N) is 1. The molecule has 0 heterocycles. The second kappa shape index (κ2) is 10.5. The van der Waals surface area contributed by atoms with Crippen molar-refractivity contribution in [3.8, 4) is 0 Å². The fraction of sp³-hybridized carbons (Fsp3) is 0.909. The van der Waals surface area contributed by atoms with Crippen molar-refractivity contribution in [2.24, 2.45) is 0 Å². The number of ether oxygens (including phenoxy) is 1. The van der Waals surface area contributed by atoms with E-state index in [-0.39, 0.29) is 12.1 Å². The summed E-state index contributed by atoms with van der Waals surface area (Å²) in [4.78, 5) is 12.7. The number of hydrogen-bond donors (Lipinski definition) is 0. The van der Waals surface area contributed by atoms with E-state index in [4.69, 9.17) is 4.74 Å². The number of carbonyl (C=O) groups excluding carboxylic acids is 1. The molecule has 0 aromatic rings. The molecular formula is C11H25NO2. The van der Waals surface area contributed by atoms with Crippen molar-refractivity contribution in [1.29, 1.82) is 0 Å². The molecule has 0 fully saturated rings. The highest BCUT2D eigenvalue weighted by Gasteiger charge is 2.11. The Hall–Kier alpha value is -0.570. The van der Waals surface area contributed by atoms with Crippen molar-refractivity contribution in [3.63, 3.8) is 0 Å². The molecular weight excluding hydrogens is 178 g/mol. The van der Waals surface area contributed by atoms with Gasteiger partial charge in [0.15, 0.2) is 0 Å². The smallest absolute Gasteiger partial charge is 0.302 e. The first-order valence-electron chi connectivity index (χ1n) is 5.38. The minimum absolute atomic E-state index is 0.0579. The molecule has 0 rings (SSSR count). The Labute approximate surface area is 88.4 Å². The number of carbonyl (C=O) groups is 1. The Morgan fingerprint density at radius 3 is 2.14 bits per heavy atom. The molecule has 0 aliphatic rings. The van der Waals surface area contributed by atoms with E-state index in [1.165, 1.54) is 6.92 Å². The Morgan fingerprint density at radius 1 is 1.36 bits per heavy atom. The van der Waals surface area contributed by atoms with Crippen molar-refractivity contribution >= 4 is 5.97 Å². The van der Waals surface area contributed by atoms with E-state index in [9.17, 15) is 4.79 Å². The molecule has 0 aliphatic carbocycles. The molecule has 0 N–H and O–H groups in total. The zero-order chi connectivity index (χ0) is 11.6. The number of likely N-dealkylation sites (N-methyl/N-ethyl adjacent to an activating group) is 1. The predicted octanol–water partition coefficient (Wildman–Crippen LogP) is 2.31. The van der Waals surface area contributed by atoms with Crippen LogP contribution in [-0.4, -0.2) is 37.6 Å². The van der Waals surface area contributed by atoms with Crippen LogP contribution in [0.2, 0.25) is 0 Å². The third kappa shape index (κ3) is 11.4. The topological polar surface area (TPSA) is 29.5 Å². The van der Waals surface area contributed by atoms with Crippen LogP contribution >= 0.6 is 0 Å². The monoisotopic (exact) mass is 203 g/mol. The van der Waals surface area contributed by atoms with Gasteiger partial charge in [-0.05, 0) is 20.5 Å². The van der Waals surface area contributed by atoms with E-state index in [0.717, 1.165) is 19.4 Å². The molecule has 3 nitrogen and oxygen atoms in total. The predicted molar refractivity (Wildman–Crippen MR) is 60.4 cm³/mol. The Balaban J connectivity index is 0. The third-order valence-electron chi connectivity index (χ3n) is 1.51. The van der Waals surface area contributed by atoms with E-state index in [1.54, 1.807) is 0 Å². The van der Waals surface area contributed by atoms with Gasteiger partial charge in [0, 0.05) is 13.5 Å². The highest BCUT2D eigenvalue weighted by Crippen LogP contribution is 2.03. The number of rotatable bonds is 5. The normalized spacial score (nSPS) is 11.6. The van der Waals surface area contributed by atoms with Crippen LogP contribution < -0.4 is 0 Å². The van der Waals surface area contributed by atoms with Gasteiger partial charge in [0.25, 0.3) is 0 Å². The zero-order valence-corrected chi connectivity index (χ0v) is 10.5. The van der Waals surface area contributed by atoms with Gasteiger partial charge in [-0.2, -0.15) is 0 Å². The van der Waals surface area contributed by atoms with Crippen LogP contribution in [0.4, 0.5) is 0 Å². The molecule has 0 radical (unpaired) electrons. The van der Waals surface area contributed by atoms with Crippen molar-refractivity contribution in [2.45, 2.75) is 46.6 Å². The molecule has 14 heavy (non-hydrogen) atoms. The molecule has 86 valence electrons. The lowest BCUT2D eigenvalue weighted by molar-refractivity contribution is -0.147. The van der Waals surface area contributed by atoms with Crippen LogP contribution in [0.25, 0.3) is 0 Å². The summed E-state index contributed by atoms with van der Waals surface area (Å²) in [6.45, 7) is 8.36. The fourth-order valence-corrected chi connectivity index (χ4v) is 1.15. The van der Waals surface area contributed by atoms with Crippen LogP contribution in [0.15, 0.2) is 0 Å². The molecule has 0 aromatic heterocycles. The third-order valence-corrected chi connectivity index (χ3v) is 1.51. The van der Waals surface area contributed by atoms with Crippen molar-refractivity contribution in [1.82, 2.24) is 4.90 Å². The summed E-state index contributed by atoms with van der Waals surface area (Å²) in [6, 6.07) is 0. The average molecular weight is 203 g/mol. The largest absolute Gasteiger partial charge is 0.461 e. The summed E-state index contributed by atoms with van der Waals surface area (Å²) >= 11 is 0. The summed E-state index contributed by atoms with van der Waals surface area (Å²) in [5.41, 5.74) is 0. The first kappa shape index (κ1) is 15.9. The van der Waals surface area contributed by atoms with Gasteiger partial charge in [-0.25, -0.2) is 0 Å². The lowest BCUT2D eigenvalue weighted by Crippen LogP contribution is -2.29. The number of esters is 1. The first-order valence-corrected chi connectivity index (χ1v) is 5.38. The molecule has 3 heteroatoms. The summed E-state index contributed by atoms with van der Waals surface area (Å²) < 4.78 is 5.12. The Kier molecular flexibility index (Phi) is 11.9. The molecule has 1 unspecified atom stereocenters. The van der Waals surface area contributed by atoms with Gasteiger partial charge in [-0.15, -0.1) is 0 Å². The summed E-state index contributed by atoms with van der Waals surface area (Å²) in [5, 5.41) is 0. The number of hydrogen-bond acceptors (Lipinski definition) is 3. The maximum atomic E-state index is 10.7. The second-order valence-electron chi connectivity index (χ2n) is 3.28. The van der Waals surface area contributed by atoms with Gasteiger partial charge < -0.3 is 9.64 Å². The summed E-state index contributed by atoms with van der Waals surface area (Å²) in [6.07, 6.45) is 2.05. The quantitative estimate of drug-likeness (QED) is 0.642. The van der Waals surface area contributed by atoms with Crippen LogP contribution in [0.5, 0.6) is 0 Å². The molecule has 0 aliphatic heterocycles. The van der Waals surface area contributed by atoms with Gasteiger partial charge in [0.2, 0.25) is 0 Å². The zero-order valence-electron chi connectivity index (χ0n) is 10.5. The van der Waals surface area contributed by atoms with Gasteiger partial charge in [0.05, 0.1) is 0 Å². The molecule has 0 saturated carbocycles. The van der Waals surface area contributed by atoms with Gasteiger partial charge in [-0.1, -0.05) is 27.2 Å². The molecule has 0 spiro atoms. The Bertz CT molecular complexity index is 135. The lowest BCUT2D eigenvalue weighted by atomic mass is 10.2. The molecule has 0 saturated heterocycles. The second-order valence-corrected chi connectivity index (χ2v) is 3.28. The maximum Gasteiger partial charge on any atom is 0.302 e. The maximum absolute atomic E-state index is 10.7. The minimum atomic E-state index is -0.185. The van der Waals surface area contributed by atoms with E-state index >= 15 is 0 Å². The van der Waals surface area contributed by atoms with Crippen molar-refractivity contribution in [3.05, 3.63) is 0 Å². The standard InChI is InChI=1S/C9H19NO2.C2H6/c1-5-6-9(7-10(3)4)12-8(2)11;1-2/h9H,5-7H2,1-4H3;1-2H3. The fourth-order valence-electron chi connectivity index (χ4n) is 1.15. The Morgan fingerprint density at radius 2 is 1.86 bits per heavy atom. The van der Waals surface area contributed by atoms with E-state index in [2.05, 4.69) is 6.92 Å². The molecule has 0 amide bonds. The van der Waals surface area contributed by atoms with Gasteiger partial charge in [-0.3, -0.25) is 4.79 Å². The van der Waals surface area contributed by atoms with Crippen LogP contribution in [-0.2, 0) is 9.53 Å².